The van der Waals surface area contributed by atoms with Gasteiger partial charge in [-0.05, 0) is 31.4 Å². The molecule has 0 aliphatic carbocycles. The molecule has 0 spiro atoms. The first-order chi connectivity index (χ1) is 9.13. The monoisotopic (exact) mass is 291 g/mol. The molecule has 106 valence electrons. The third-order valence-corrected chi connectivity index (χ3v) is 3.90. The average Bonchev–Trinajstić information content (AvgIpc) is 2.92. The molecule has 0 saturated carbocycles. The molecule has 1 aromatic rings. The molecule has 1 aliphatic rings. The van der Waals surface area contributed by atoms with Gasteiger partial charge < -0.3 is 10.1 Å². The van der Waals surface area contributed by atoms with E-state index in [-0.39, 0.29) is 17.8 Å². The summed E-state index contributed by atoms with van der Waals surface area (Å²) in [4.78, 5) is 0. The van der Waals surface area contributed by atoms with Crippen molar-refractivity contribution in [1.82, 2.24) is 5.32 Å². The summed E-state index contributed by atoms with van der Waals surface area (Å²) in [5.74, 6) is -3.20. The van der Waals surface area contributed by atoms with Crippen molar-refractivity contribution in [1.29, 1.82) is 0 Å². The van der Waals surface area contributed by atoms with E-state index < -0.39 is 17.5 Å². The summed E-state index contributed by atoms with van der Waals surface area (Å²) in [5.41, 5.74) is 0. The molecular weight excluding hydrogens is 275 g/mol. The van der Waals surface area contributed by atoms with Crippen molar-refractivity contribution in [3.8, 4) is 5.75 Å². The molecule has 2 atom stereocenters. The third kappa shape index (κ3) is 3.36. The minimum Gasteiger partial charge on any atom is -0.486 e. The van der Waals surface area contributed by atoms with Gasteiger partial charge in [-0.1, -0.05) is 0 Å². The van der Waals surface area contributed by atoms with Crippen LogP contribution < -0.4 is 10.1 Å². The van der Waals surface area contributed by atoms with Gasteiger partial charge in [-0.15, -0.1) is 0 Å². The van der Waals surface area contributed by atoms with Gasteiger partial charge in [0.2, 0.25) is 5.82 Å². The smallest absolute Gasteiger partial charge is 0.203 e. The van der Waals surface area contributed by atoms with Crippen molar-refractivity contribution in [2.75, 3.05) is 25.1 Å². The Kier molecular flexibility index (Phi) is 4.99. The largest absolute Gasteiger partial charge is 0.486 e. The van der Waals surface area contributed by atoms with E-state index in [1.165, 1.54) is 0 Å². The van der Waals surface area contributed by atoms with E-state index in [1.807, 2.05) is 6.26 Å². The van der Waals surface area contributed by atoms with E-state index in [2.05, 4.69) is 5.32 Å². The van der Waals surface area contributed by atoms with Crippen molar-refractivity contribution in [3.05, 3.63) is 29.6 Å². The van der Waals surface area contributed by atoms with Crippen molar-refractivity contribution < 1.29 is 17.9 Å². The molecule has 1 N–H and O–H groups in total. The van der Waals surface area contributed by atoms with Crippen LogP contribution in [-0.4, -0.2) is 31.2 Å². The maximum absolute atomic E-state index is 13.6. The van der Waals surface area contributed by atoms with Crippen LogP contribution >= 0.6 is 11.8 Å². The molecule has 2 rings (SSSR count). The van der Waals surface area contributed by atoms with Gasteiger partial charge in [0.1, 0.15) is 6.10 Å². The lowest BCUT2D eigenvalue weighted by atomic mass is 10.0. The number of halogens is 3. The molecule has 1 heterocycles. The van der Waals surface area contributed by atoms with Gasteiger partial charge in [0.05, 0.1) is 0 Å². The first kappa shape index (κ1) is 14.5. The zero-order chi connectivity index (χ0) is 13.8. The van der Waals surface area contributed by atoms with E-state index in [0.717, 1.165) is 31.6 Å². The minimum atomic E-state index is -1.48. The van der Waals surface area contributed by atoms with Gasteiger partial charge in [-0.2, -0.15) is 16.2 Å². The molecule has 1 aromatic carbocycles. The van der Waals surface area contributed by atoms with Crippen molar-refractivity contribution in [3.63, 3.8) is 0 Å². The quantitative estimate of drug-likeness (QED) is 0.843. The number of ether oxygens (including phenoxy) is 1. The summed E-state index contributed by atoms with van der Waals surface area (Å²) in [6.45, 7) is 1.70. The minimum absolute atomic E-state index is 0.204. The fourth-order valence-electron chi connectivity index (χ4n) is 2.19. The van der Waals surface area contributed by atoms with E-state index in [9.17, 15) is 13.2 Å². The molecule has 1 unspecified atom stereocenters. The molecule has 6 heteroatoms. The number of nitrogens with one attached hydrogen (secondary N) is 1. The molecule has 0 radical (unpaired) electrons. The molecule has 19 heavy (non-hydrogen) atoms. The summed E-state index contributed by atoms with van der Waals surface area (Å²) >= 11 is 1.59. The maximum Gasteiger partial charge on any atom is 0.203 e. The topological polar surface area (TPSA) is 21.3 Å². The molecule has 0 bridgehead atoms. The van der Waals surface area contributed by atoms with Crippen molar-refractivity contribution in [2.24, 2.45) is 5.92 Å². The molecule has 0 amide bonds. The predicted octanol–water partition coefficient (Wildman–Crippen LogP) is 2.82. The summed E-state index contributed by atoms with van der Waals surface area (Å²) < 4.78 is 45.2. The third-order valence-electron chi connectivity index (χ3n) is 3.23. The van der Waals surface area contributed by atoms with Crippen LogP contribution in [0, 0.1) is 23.4 Å². The van der Waals surface area contributed by atoms with Crippen LogP contribution in [-0.2, 0) is 0 Å². The standard InChI is InChI=1S/C13H16F3NOS/c1-19-7-11(8-4-5-17-6-8)18-10-3-2-9(14)12(15)13(10)16/h2-3,8,11,17H,4-7H2,1H3/t8?,11-/m1/s1. The highest BCUT2D eigenvalue weighted by atomic mass is 32.2. The molecule has 1 aliphatic heterocycles. The van der Waals surface area contributed by atoms with Crippen molar-refractivity contribution >= 4 is 11.8 Å². The van der Waals surface area contributed by atoms with Gasteiger partial charge in [0, 0.05) is 18.2 Å². The number of hydrogen-bond donors (Lipinski definition) is 1. The molecular formula is C13H16F3NOS. The fraction of sp³-hybridized carbons (Fsp3) is 0.538. The lowest BCUT2D eigenvalue weighted by Crippen LogP contribution is -2.31. The Morgan fingerprint density at radius 3 is 2.79 bits per heavy atom. The van der Waals surface area contributed by atoms with Crippen LogP contribution in [0.4, 0.5) is 13.2 Å². The Morgan fingerprint density at radius 1 is 1.37 bits per heavy atom. The van der Waals surface area contributed by atoms with E-state index in [0.29, 0.717) is 5.75 Å². The first-order valence-electron chi connectivity index (χ1n) is 6.13. The Hall–Kier alpha value is -0.880. The normalized spacial score (nSPS) is 20.5. The maximum atomic E-state index is 13.6. The lowest BCUT2D eigenvalue weighted by molar-refractivity contribution is 0.156. The fourth-order valence-corrected chi connectivity index (χ4v) is 2.86. The van der Waals surface area contributed by atoms with Crippen LogP contribution in [0.15, 0.2) is 12.1 Å². The first-order valence-corrected chi connectivity index (χ1v) is 7.52. The second-order valence-corrected chi connectivity index (χ2v) is 5.45. The summed E-state index contributed by atoms with van der Waals surface area (Å²) in [5, 5.41) is 3.22. The summed E-state index contributed by atoms with van der Waals surface area (Å²) in [6.07, 6.45) is 2.67. The SMILES string of the molecule is CSC[C@@H](Oc1ccc(F)c(F)c1F)C1CCNC1. The molecule has 1 fully saturated rings. The van der Waals surface area contributed by atoms with Gasteiger partial charge in [0.25, 0.3) is 0 Å². The second kappa shape index (κ2) is 6.52. The lowest BCUT2D eigenvalue weighted by Gasteiger charge is -2.24. The van der Waals surface area contributed by atoms with Crippen LogP contribution in [0.25, 0.3) is 0 Å². The average molecular weight is 291 g/mol. The van der Waals surface area contributed by atoms with Crippen LogP contribution in [0.3, 0.4) is 0 Å². The summed E-state index contributed by atoms with van der Waals surface area (Å²) in [7, 11) is 0. The predicted molar refractivity (Wildman–Crippen MR) is 70.1 cm³/mol. The second-order valence-electron chi connectivity index (χ2n) is 4.54. The van der Waals surface area contributed by atoms with Gasteiger partial charge in [0.15, 0.2) is 17.4 Å². The Bertz CT molecular complexity index is 438. The van der Waals surface area contributed by atoms with E-state index in [4.69, 9.17) is 4.74 Å². The van der Waals surface area contributed by atoms with E-state index >= 15 is 0 Å². The van der Waals surface area contributed by atoms with Crippen LogP contribution in [0.5, 0.6) is 5.75 Å². The van der Waals surface area contributed by atoms with Gasteiger partial charge in [-0.3, -0.25) is 0 Å². The number of rotatable bonds is 5. The number of hydrogen-bond acceptors (Lipinski definition) is 3. The Balaban J connectivity index is 2.14. The van der Waals surface area contributed by atoms with Crippen LogP contribution in [0.1, 0.15) is 6.42 Å². The van der Waals surface area contributed by atoms with Gasteiger partial charge >= 0.3 is 0 Å². The zero-order valence-electron chi connectivity index (χ0n) is 10.6. The molecule has 2 nitrogen and oxygen atoms in total. The highest BCUT2D eigenvalue weighted by molar-refractivity contribution is 7.98. The Morgan fingerprint density at radius 2 is 2.16 bits per heavy atom. The molecule has 0 aromatic heterocycles. The molecule has 1 saturated heterocycles. The zero-order valence-corrected chi connectivity index (χ0v) is 11.4. The number of benzene rings is 1. The highest BCUT2D eigenvalue weighted by Crippen LogP contribution is 2.27. The van der Waals surface area contributed by atoms with E-state index in [1.54, 1.807) is 11.8 Å². The summed E-state index contributed by atoms with van der Waals surface area (Å²) in [6, 6.07) is 2.03. The number of thioether (sulfide) groups is 1. The van der Waals surface area contributed by atoms with Gasteiger partial charge in [-0.25, -0.2) is 8.78 Å². The van der Waals surface area contributed by atoms with Crippen molar-refractivity contribution in [2.45, 2.75) is 12.5 Å². The van der Waals surface area contributed by atoms with Crippen LogP contribution in [0.2, 0.25) is 0 Å². The Labute approximate surface area is 114 Å². The highest BCUT2D eigenvalue weighted by Gasteiger charge is 2.27.